The molecular formula is C18H33N2O3+. The number of allylic oxidation sites excluding steroid dienone is 1. The number of likely N-dealkylation sites (N-methyl/N-ethyl adjacent to an activating group) is 1. The summed E-state index contributed by atoms with van der Waals surface area (Å²) in [6.07, 6.45) is 10.2. The topological polar surface area (TPSA) is 46.6 Å². The number of hydrogen-bond acceptors (Lipinski definition) is 3. The van der Waals surface area contributed by atoms with E-state index in [0.29, 0.717) is 6.61 Å². The second-order valence-electron chi connectivity index (χ2n) is 7.01. The van der Waals surface area contributed by atoms with Crippen LogP contribution in [0.5, 0.6) is 0 Å². The van der Waals surface area contributed by atoms with E-state index in [2.05, 4.69) is 14.1 Å². The lowest BCUT2D eigenvalue weighted by molar-refractivity contribution is -0.894. The lowest BCUT2D eigenvalue weighted by Crippen LogP contribution is -2.55. The van der Waals surface area contributed by atoms with Crippen molar-refractivity contribution in [2.45, 2.75) is 45.4 Å². The number of amides is 1. The summed E-state index contributed by atoms with van der Waals surface area (Å²) in [5.74, 6) is -0.0397. The van der Waals surface area contributed by atoms with Gasteiger partial charge < -0.3 is 14.1 Å². The predicted molar refractivity (Wildman–Crippen MR) is 91.9 cm³/mol. The highest BCUT2D eigenvalue weighted by molar-refractivity contribution is 5.87. The smallest absolute Gasteiger partial charge is 0.302 e. The van der Waals surface area contributed by atoms with Crippen molar-refractivity contribution in [2.24, 2.45) is 0 Å². The van der Waals surface area contributed by atoms with Gasteiger partial charge in [0.25, 0.3) is 0 Å². The quantitative estimate of drug-likeness (QED) is 0.283. The lowest BCUT2D eigenvalue weighted by atomic mass is 10.1. The van der Waals surface area contributed by atoms with Crippen LogP contribution in [0, 0.1) is 0 Å². The number of carbonyl (C=O) groups is 2. The molecule has 0 N–H and O–H groups in total. The first-order valence-electron chi connectivity index (χ1n) is 8.81. The first-order chi connectivity index (χ1) is 10.9. The van der Waals surface area contributed by atoms with Gasteiger partial charge in [-0.25, -0.2) is 0 Å². The van der Waals surface area contributed by atoms with Crippen LogP contribution in [0.15, 0.2) is 12.2 Å². The Morgan fingerprint density at radius 3 is 2.30 bits per heavy atom. The number of nitrogens with zero attached hydrogens (tertiary/aromatic N) is 2. The molecule has 132 valence electrons. The Kier molecular flexibility index (Phi) is 8.92. The molecule has 1 amide bonds. The van der Waals surface area contributed by atoms with E-state index in [-0.39, 0.29) is 11.9 Å². The molecule has 0 spiro atoms. The Hall–Kier alpha value is -1.36. The maximum absolute atomic E-state index is 12.1. The van der Waals surface area contributed by atoms with E-state index in [1.165, 1.54) is 6.92 Å². The summed E-state index contributed by atoms with van der Waals surface area (Å²) in [4.78, 5) is 24.6. The Morgan fingerprint density at radius 1 is 1.04 bits per heavy atom. The highest BCUT2D eigenvalue weighted by Gasteiger charge is 2.25. The van der Waals surface area contributed by atoms with Crippen molar-refractivity contribution in [1.29, 1.82) is 0 Å². The molecule has 0 aromatic heterocycles. The zero-order valence-electron chi connectivity index (χ0n) is 15.1. The fourth-order valence-corrected chi connectivity index (χ4v) is 2.63. The van der Waals surface area contributed by atoms with Gasteiger partial charge in [-0.2, -0.15) is 0 Å². The van der Waals surface area contributed by atoms with Crippen LogP contribution < -0.4 is 0 Å². The van der Waals surface area contributed by atoms with E-state index in [4.69, 9.17) is 4.74 Å². The maximum Gasteiger partial charge on any atom is 0.302 e. The number of unbranched alkanes of at least 4 members (excludes halogenated alkanes) is 5. The number of carbonyl (C=O) groups excluding carboxylic acids is 2. The van der Waals surface area contributed by atoms with Gasteiger partial charge in [-0.3, -0.25) is 9.59 Å². The van der Waals surface area contributed by atoms with Gasteiger partial charge in [0.1, 0.15) is 0 Å². The molecule has 1 rings (SSSR count). The molecule has 0 aliphatic carbocycles. The van der Waals surface area contributed by atoms with Gasteiger partial charge in [0.05, 0.1) is 46.9 Å². The van der Waals surface area contributed by atoms with Crippen molar-refractivity contribution in [1.82, 2.24) is 4.90 Å². The molecule has 1 saturated heterocycles. The average molecular weight is 325 g/mol. The molecule has 5 nitrogen and oxygen atoms in total. The van der Waals surface area contributed by atoms with Crippen LogP contribution in [0.4, 0.5) is 0 Å². The molecule has 1 heterocycles. The van der Waals surface area contributed by atoms with E-state index >= 15 is 0 Å². The Labute approximate surface area is 140 Å². The molecule has 1 fully saturated rings. The molecule has 0 unspecified atom stereocenters. The summed E-state index contributed by atoms with van der Waals surface area (Å²) < 4.78 is 5.90. The third-order valence-electron chi connectivity index (χ3n) is 4.34. The lowest BCUT2D eigenvalue weighted by Gasteiger charge is -2.38. The minimum atomic E-state index is -0.198. The zero-order chi connectivity index (χ0) is 17.1. The summed E-state index contributed by atoms with van der Waals surface area (Å²) >= 11 is 0. The second-order valence-corrected chi connectivity index (χ2v) is 7.01. The second kappa shape index (κ2) is 10.4. The first-order valence-corrected chi connectivity index (χ1v) is 8.81. The molecule has 0 radical (unpaired) electrons. The SMILES string of the molecule is CC(=O)OCCCCCCC/C=C/C(=O)N1CC[N+](C)(C)CC1. The van der Waals surface area contributed by atoms with Crippen LogP contribution in [-0.4, -0.2) is 68.1 Å². The van der Waals surface area contributed by atoms with Gasteiger partial charge >= 0.3 is 5.97 Å². The summed E-state index contributed by atoms with van der Waals surface area (Å²) in [7, 11) is 4.42. The van der Waals surface area contributed by atoms with Crippen molar-refractivity contribution in [2.75, 3.05) is 46.9 Å². The van der Waals surface area contributed by atoms with Crippen LogP contribution in [0.1, 0.15) is 45.4 Å². The van der Waals surface area contributed by atoms with Crippen LogP contribution in [0.25, 0.3) is 0 Å². The molecule has 5 heteroatoms. The first kappa shape index (κ1) is 19.7. The van der Waals surface area contributed by atoms with E-state index < -0.39 is 0 Å². The highest BCUT2D eigenvalue weighted by atomic mass is 16.5. The van der Waals surface area contributed by atoms with Gasteiger partial charge in [-0.05, 0) is 25.3 Å². The molecule has 0 atom stereocenters. The fourth-order valence-electron chi connectivity index (χ4n) is 2.63. The standard InChI is InChI=1S/C18H33N2O3/c1-17(21)23-16-10-8-6-4-5-7-9-11-18(22)19-12-14-20(2,3)15-13-19/h9,11H,4-8,10,12-16H2,1-3H3/q+1/b11-9+. The van der Waals surface area contributed by atoms with Crippen LogP contribution in [0.3, 0.4) is 0 Å². The summed E-state index contributed by atoms with van der Waals surface area (Å²) in [5, 5.41) is 0. The molecule has 0 aromatic rings. The largest absolute Gasteiger partial charge is 0.466 e. The molecule has 0 aromatic carbocycles. The minimum absolute atomic E-state index is 0.158. The molecule has 23 heavy (non-hydrogen) atoms. The van der Waals surface area contributed by atoms with E-state index in [9.17, 15) is 9.59 Å². The van der Waals surface area contributed by atoms with E-state index in [0.717, 1.165) is 69.2 Å². The number of ether oxygens (including phenoxy) is 1. The van der Waals surface area contributed by atoms with Crippen molar-refractivity contribution < 1.29 is 18.8 Å². The van der Waals surface area contributed by atoms with Crippen molar-refractivity contribution >= 4 is 11.9 Å². The Balaban J connectivity index is 1.99. The van der Waals surface area contributed by atoms with Crippen LogP contribution in [-0.2, 0) is 14.3 Å². The number of quaternary nitrogens is 1. The maximum atomic E-state index is 12.1. The van der Waals surface area contributed by atoms with Gasteiger partial charge in [0.15, 0.2) is 0 Å². The molecular weight excluding hydrogens is 292 g/mol. The van der Waals surface area contributed by atoms with Crippen molar-refractivity contribution in [3.8, 4) is 0 Å². The monoisotopic (exact) mass is 325 g/mol. The number of esters is 1. The van der Waals surface area contributed by atoms with Gasteiger partial charge in [0.2, 0.25) is 5.91 Å². The zero-order valence-corrected chi connectivity index (χ0v) is 15.1. The highest BCUT2D eigenvalue weighted by Crippen LogP contribution is 2.09. The predicted octanol–water partition coefficient (Wildman–Crippen LogP) is 2.36. The van der Waals surface area contributed by atoms with Gasteiger partial charge in [-0.15, -0.1) is 0 Å². The number of rotatable bonds is 9. The van der Waals surface area contributed by atoms with Crippen LogP contribution >= 0.6 is 0 Å². The Bertz CT molecular complexity index is 395. The number of hydrogen-bond donors (Lipinski definition) is 0. The third-order valence-corrected chi connectivity index (χ3v) is 4.34. The average Bonchev–Trinajstić information content (AvgIpc) is 2.48. The molecule has 0 bridgehead atoms. The van der Waals surface area contributed by atoms with Crippen LogP contribution in [0.2, 0.25) is 0 Å². The van der Waals surface area contributed by atoms with Crippen molar-refractivity contribution in [3.63, 3.8) is 0 Å². The summed E-state index contributed by atoms with van der Waals surface area (Å²) in [6.45, 7) is 5.77. The van der Waals surface area contributed by atoms with Crippen molar-refractivity contribution in [3.05, 3.63) is 12.2 Å². The summed E-state index contributed by atoms with van der Waals surface area (Å²) in [5.41, 5.74) is 0. The third kappa shape index (κ3) is 9.39. The Morgan fingerprint density at radius 2 is 1.65 bits per heavy atom. The number of piperazine rings is 1. The molecule has 1 aliphatic rings. The molecule has 1 aliphatic heterocycles. The van der Waals surface area contributed by atoms with Gasteiger partial charge in [0, 0.05) is 6.92 Å². The normalized spacial score (nSPS) is 17.4. The fraction of sp³-hybridized carbons (Fsp3) is 0.778. The summed E-state index contributed by atoms with van der Waals surface area (Å²) in [6, 6.07) is 0. The minimum Gasteiger partial charge on any atom is -0.466 e. The van der Waals surface area contributed by atoms with Gasteiger partial charge in [-0.1, -0.05) is 25.3 Å². The van der Waals surface area contributed by atoms with E-state index in [1.54, 1.807) is 6.08 Å². The van der Waals surface area contributed by atoms with E-state index in [1.807, 2.05) is 11.0 Å². The molecule has 0 saturated carbocycles.